The standard InChI is InChI=1S/C24H20N5O2/c1-15-9-10-18(12-25-15)24(31)29-20-7-3-5-17(11-20)16(2)28-23-21-8-4-6-19(13-30)22(21)26-14-27-23/h3-12,14,16H,1-2H3,(H,29,31)(H,26,27,28). The molecular weight excluding hydrogens is 390 g/mol. The zero-order valence-electron chi connectivity index (χ0n) is 17.1. The van der Waals surface area contributed by atoms with Crippen LogP contribution in [0.4, 0.5) is 11.5 Å². The van der Waals surface area contributed by atoms with E-state index in [1.807, 2.05) is 50.5 Å². The van der Waals surface area contributed by atoms with Crippen LogP contribution in [0.1, 0.15) is 40.1 Å². The van der Waals surface area contributed by atoms with E-state index in [2.05, 4.69) is 25.6 Å². The maximum atomic E-state index is 12.5. The Labute approximate surface area is 179 Å². The van der Waals surface area contributed by atoms with Gasteiger partial charge in [-0.25, -0.2) is 9.97 Å². The van der Waals surface area contributed by atoms with Crippen molar-refractivity contribution in [3.8, 4) is 0 Å². The highest BCUT2D eigenvalue weighted by Crippen LogP contribution is 2.26. The number of rotatable bonds is 6. The molecule has 0 aliphatic carbocycles. The second-order valence-corrected chi connectivity index (χ2v) is 7.16. The zero-order chi connectivity index (χ0) is 21.8. The van der Waals surface area contributed by atoms with Crippen molar-refractivity contribution in [3.05, 3.63) is 89.5 Å². The van der Waals surface area contributed by atoms with Gasteiger partial charge < -0.3 is 10.6 Å². The van der Waals surface area contributed by atoms with Gasteiger partial charge in [0, 0.05) is 23.0 Å². The number of para-hydroxylation sites is 1. The van der Waals surface area contributed by atoms with Gasteiger partial charge in [-0.3, -0.25) is 14.6 Å². The number of hydrogen-bond donors (Lipinski definition) is 2. The Kier molecular flexibility index (Phi) is 5.66. The fourth-order valence-electron chi connectivity index (χ4n) is 3.26. The molecule has 1 amide bonds. The van der Waals surface area contributed by atoms with Gasteiger partial charge >= 0.3 is 0 Å². The number of aromatic nitrogens is 3. The first-order valence-corrected chi connectivity index (χ1v) is 9.77. The van der Waals surface area contributed by atoms with Gasteiger partial charge in [-0.15, -0.1) is 0 Å². The topological polar surface area (TPSA) is 96.9 Å². The van der Waals surface area contributed by atoms with Gasteiger partial charge in [0.2, 0.25) is 6.29 Å². The first-order valence-electron chi connectivity index (χ1n) is 9.77. The lowest BCUT2D eigenvalue weighted by Crippen LogP contribution is -2.13. The van der Waals surface area contributed by atoms with Crippen LogP contribution in [0.5, 0.6) is 0 Å². The Morgan fingerprint density at radius 1 is 1.03 bits per heavy atom. The predicted molar refractivity (Wildman–Crippen MR) is 120 cm³/mol. The van der Waals surface area contributed by atoms with E-state index in [1.54, 1.807) is 30.5 Å². The fourth-order valence-corrected chi connectivity index (χ4v) is 3.26. The molecule has 2 aromatic carbocycles. The molecule has 2 N–H and O–H groups in total. The van der Waals surface area contributed by atoms with Crippen molar-refractivity contribution in [2.24, 2.45) is 0 Å². The van der Waals surface area contributed by atoms with Crippen molar-refractivity contribution >= 4 is 34.6 Å². The van der Waals surface area contributed by atoms with Gasteiger partial charge in [0.15, 0.2) is 0 Å². The number of fused-ring (bicyclic) bond motifs is 1. The highest BCUT2D eigenvalue weighted by molar-refractivity contribution is 6.04. The van der Waals surface area contributed by atoms with Crippen LogP contribution >= 0.6 is 0 Å². The highest BCUT2D eigenvalue weighted by atomic mass is 16.1. The number of pyridine rings is 1. The van der Waals surface area contributed by atoms with Gasteiger partial charge in [-0.1, -0.05) is 18.2 Å². The lowest BCUT2D eigenvalue weighted by Gasteiger charge is -2.17. The van der Waals surface area contributed by atoms with Crippen molar-refractivity contribution in [1.82, 2.24) is 15.0 Å². The van der Waals surface area contributed by atoms with Gasteiger partial charge in [0.25, 0.3) is 5.91 Å². The number of nitrogens with zero attached hydrogens (tertiary/aromatic N) is 3. The van der Waals surface area contributed by atoms with Crippen LogP contribution in [0.2, 0.25) is 0 Å². The Morgan fingerprint density at radius 3 is 2.65 bits per heavy atom. The molecule has 0 bridgehead atoms. The van der Waals surface area contributed by atoms with Gasteiger partial charge in [-0.05, 0) is 55.8 Å². The third-order valence-corrected chi connectivity index (χ3v) is 4.95. The quantitative estimate of drug-likeness (QED) is 0.494. The average Bonchev–Trinajstić information content (AvgIpc) is 2.79. The van der Waals surface area contributed by atoms with Crippen LogP contribution in [-0.4, -0.2) is 27.1 Å². The third kappa shape index (κ3) is 4.40. The number of carbonyl (C=O) groups is 1. The largest absolute Gasteiger partial charge is 0.363 e. The maximum Gasteiger partial charge on any atom is 0.257 e. The first-order chi connectivity index (χ1) is 15.0. The zero-order valence-corrected chi connectivity index (χ0v) is 17.1. The lowest BCUT2D eigenvalue weighted by atomic mass is 10.1. The Morgan fingerprint density at radius 2 is 1.87 bits per heavy atom. The molecule has 2 aromatic heterocycles. The fraction of sp³-hybridized carbons (Fsp3) is 0.125. The normalized spacial score (nSPS) is 11.7. The summed E-state index contributed by atoms with van der Waals surface area (Å²) >= 11 is 0. The summed E-state index contributed by atoms with van der Waals surface area (Å²) in [6.45, 7) is 3.87. The maximum absolute atomic E-state index is 12.5. The summed E-state index contributed by atoms with van der Waals surface area (Å²) in [5.74, 6) is 0.402. The minimum Gasteiger partial charge on any atom is -0.363 e. The Bertz CT molecular complexity index is 1250. The summed E-state index contributed by atoms with van der Waals surface area (Å²) < 4.78 is 0. The first kappa shape index (κ1) is 20.2. The smallest absolute Gasteiger partial charge is 0.257 e. The second-order valence-electron chi connectivity index (χ2n) is 7.16. The summed E-state index contributed by atoms with van der Waals surface area (Å²) in [6.07, 6.45) is 4.89. The summed E-state index contributed by atoms with van der Waals surface area (Å²) in [6, 6.07) is 16.3. The van der Waals surface area contributed by atoms with Crippen molar-refractivity contribution in [3.63, 3.8) is 0 Å². The number of nitrogens with one attached hydrogen (secondary N) is 2. The van der Waals surface area contributed by atoms with Gasteiger partial charge in [0.1, 0.15) is 12.1 Å². The predicted octanol–water partition coefficient (Wildman–Crippen LogP) is 4.22. The molecule has 0 aliphatic rings. The third-order valence-electron chi connectivity index (χ3n) is 4.95. The van der Waals surface area contributed by atoms with E-state index in [9.17, 15) is 9.59 Å². The summed E-state index contributed by atoms with van der Waals surface area (Å²) in [7, 11) is 0. The number of benzene rings is 2. The molecule has 7 nitrogen and oxygen atoms in total. The van der Waals surface area contributed by atoms with E-state index < -0.39 is 0 Å². The molecule has 0 saturated carbocycles. The molecule has 0 fully saturated rings. The summed E-state index contributed by atoms with van der Waals surface area (Å²) in [4.78, 5) is 36.4. The van der Waals surface area contributed by atoms with Crippen LogP contribution < -0.4 is 10.6 Å². The molecule has 0 saturated heterocycles. The number of anilines is 2. The molecule has 153 valence electrons. The van der Waals surface area contributed by atoms with E-state index >= 15 is 0 Å². The van der Waals surface area contributed by atoms with E-state index in [1.165, 1.54) is 6.33 Å². The molecule has 0 spiro atoms. The molecule has 2 heterocycles. The molecule has 31 heavy (non-hydrogen) atoms. The van der Waals surface area contributed by atoms with E-state index in [0.717, 1.165) is 16.6 Å². The van der Waals surface area contributed by atoms with Crippen LogP contribution in [-0.2, 0) is 4.79 Å². The molecule has 4 rings (SSSR count). The Balaban J connectivity index is 1.54. The van der Waals surface area contributed by atoms with Crippen LogP contribution in [0.25, 0.3) is 10.9 Å². The molecular formula is C24H20N5O2. The van der Waals surface area contributed by atoms with Crippen LogP contribution in [0, 0.1) is 6.92 Å². The minimum absolute atomic E-state index is 0.111. The van der Waals surface area contributed by atoms with Crippen molar-refractivity contribution in [2.45, 2.75) is 19.9 Å². The molecule has 7 heteroatoms. The Hall–Kier alpha value is -4.13. The lowest BCUT2D eigenvalue weighted by molar-refractivity contribution is 0.102. The van der Waals surface area contributed by atoms with Crippen molar-refractivity contribution in [2.75, 3.05) is 10.6 Å². The monoisotopic (exact) mass is 410 g/mol. The molecule has 1 unspecified atom stereocenters. The summed E-state index contributed by atoms with van der Waals surface area (Å²) in [5.41, 5.74) is 3.94. The minimum atomic E-state index is -0.218. The van der Waals surface area contributed by atoms with Gasteiger partial charge in [-0.2, -0.15) is 0 Å². The number of amides is 1. The SMILES string of the molecule is Cc1ccc(C(=O)Nc2cccc(C(C)Nc3ncnc4c([C]=O)cccc34)c2)cn1. The number of hydrogen-bond acceptors (Lipinski definition) is 6. The second kappa shape index (κ2) is 8.71. The summed E-state index contributed by atoms with van der Waals surface area (Å²) in [5, 5.41) is 7.02. The van der Waals surface area contributed by atoms with E-state index in [0.29, 0.717) is 28.1 Å². The highest BCUT2D eigenvalue weighted by Gasteiger charge is 2.13. The molecule has 1 atom stereocenters. The molecule has 4 aromatic rings. The van der Waals surface area contributed by atoms with E-state index in [4.69, 9.17) is 0 Å². The molecule has 1 radical (unpaired) electrons. The van der Waals surface area contributed by atoms with Gasteiger partial charge in [0.05, 0.1) is 22.7 Å². The van der Waals surface area contributed by atoms with Crippen LogP contribution in [0.15, 0.2) is 67.1 Å². The van der Waals surface area contributed by atoms with Crippen molar-refractivity contribution < 1.29 is 9.59 Å². The van der Waals surface area contributed by atoms with Crippen LogP contribution in [0.3, 0.4) is 0 Å². The molecule has 0 aliphatic heterocycles. The average molecular weight is 410 g/mol. The number of aryl methyl sites for hydroxylation is 1. The van der Waals surface area contributed by atoms with E-state index in [-0.39, 0.29) is 11.9 Å². The van der Waals surface area contributed by atoms with Crippen molar-refractivity contribution in [1.29, 1.82) is 0 Å². The number of carbonyl (C=O) groups excluding carboxylic acids is 2.